The summed E-state index contributed by atoms with van der Waals surface area (Å²) in [4.78, 5) is 41.0. The number of aryl methyl sites for hydroxylation is 2. The number of aliphatic hydroxyl groups is 1. The summed E-state index contributed by atoms with van der Waals surface area (Å²) in [6, 6.07) is 15.1. The number of nitrogens with zero attached hydrogens (tertiary/aromatic N) is 2. The molecule has 0 aromatic heterocycles. The molecule has 152 valence electrons. The number of carbonyl (C=O) groups is 3. The molecule has 1 fully saturated rings. The monoisotopic (exact) mass is 412 g/mol. The molecule has 0 aliphatic carbocycles. The van der Waals surface area contributed by atoms with Crippen LogP contribution in [0.25, 0.3) is 0 Å². The van der Waals surface area contributed by atoms with Crippen LogP contribution < -0.4 is 4.90 Å². The molecule has 6 nitrogen and oxygen atoms in total. The summed E-state index contributed by atoms with van der Waals surface area (Å²) in [5.74, 6) is -0.630. The van der Waals surface area contributed by atoms with E-state index in [0.29, 0.717) is 12.2 Å². The molecule has 3 rings (SSSR count). The van der Waals surface area contributed by atoms with Crippen molar-refractivity contribution < 1.29 is 19.5 Å². The molecule has 1 unspecified atom stereocenters. The van der Waals surface area contributed by atoms with Crippen molar-refractivity contribution in [1.82, 2.24) is 4.90 Å². The Hall–Kier alpha value is -2.64. The Labute approximate surface area is 174 Å². The fourth-order valence-electron chi connectivity index (χ4n) is 3.27. The van der Waals surface area contributed by atoms with Crippen LogP contribution in [0.3, 0.4) is 0 Å². The van der Waals surface area contributed by atoms with E-state index in [-0.39, 0.29) is 36.6 Å². The molecule has 1 saturated heterocycles. The lowest BCUT2D eigenvalue weighted by atomic mass is 10.1. The first-order valence-electron chi connectivity index (χ1n) is 9.45. The third-order valence-corrected chi connectivity index (χ3v) is 5.86. The molecule has 1 atom stereocenters. The molecule has 0 bridgehead atoms. The number of amides is 3. The zero-order valence-corrected chi connectivity index (χ0v) is 17.3. The standard InChI is InChI=1S/C22H24N2O4S/c1-15-8-9-16(2)18(12-15)24-21(27)19(29-22(24)28)13-20(26)23(10-11-25)14-17-6-4-3-5-7-17/h3-9,12,19,25H,10-11,13-14H2,1-2H3. The molecule has 1 heterocycles. The van der Waals surface area contributed by atoms with Crippen LogP contribution in [0.5, 0.6) is 0 Å². The molecule has 1 aliphatic heterocycles. The van der Waals surface area contributed by atoms with E-state index < -0.39 is 5.25 Å². The maximum Gasteiger partial charge on any atom is 0.293 e. The summed E-state index contributed by atoms with van der Waals surface area (Å²) in [6.45, 7) is 4.10. The lowest BCUT2D eigenvalue weighted by Crippen LogP contribution is -2.37. The van der Waals surface area contributed by atoms with Crippen molar-refractivity contribution in [3.63, 3.8) is 0 Å². The average Bonchev–Trinajstić information content (AvgIpc) is 2.97. The van der Waals surface area contributed by atoms with E-state index in [1.807, 2.05) is 62.4 Å². The van der Waals surface area contributed by atoms with E-state index in [4.69, 9.17) is 0 Å². The highest BCUT2D eigenvalue weighted by molar-refractivity contribution is 8.15. The predicted octanol–water partition coefficient (Wildman–Crippen LogP) is 3.28. The van der Waals surface area contributed by atoms with Gasteiger partial charge in [-0.2, -0.15) is 0 Å². The van der Waals surface area contributed by atoms with Crippen LogP contribution in [-0.2, 0) is 16.1 Å². The van der Waals surface area contributed by atoms with Crippen molar-refractivity contribution in [1.29, 1.82) is 0 Å². The number of thioether (sulfide) groups is 1. The Kier molecular flexibility index (Phi) is 6.71. The SMILES string of the molecule is Cc1ccc(C)c(N2C(=O)SC(CC(=O)N(CCO)Cc3ccccc3)C2=O)c1. The fraction of sp³-hybridized carbons (Fsp3) is 0.318. The molecule has 2 aromatic rings. The minimum Gasteiger partial charge on any atom is -0.395 e. The molecule has 0 spiro atoms. The summed E-state index contributed by atoms with van der Waals surface area (Å²) in [6.07, 6.45) is -0.0799. The van der Waals surface area contributed by atoms with Crippen LogP contribution in [0, 0.1) is 13.8 Å². The third kappa shape index (κ3) is 4.86. The Morgan fingerprint density at radius 2 is 1.86 bits per heavy atom. The van der Waals surface area contributed by atoms with Gasteiger partial charge >= 0.3 is 0 Å². The Morgan fingerprint density at radius 3 is 2.55 bits per heavy atom. The lowest BCUT2D eigenvalue weighted by molar-refractivity contribution is -0.133. The first kappa shape index (κ1) is 21.1. The summed E-state index contributed by atoms with van der Waals surface area (Å²) < 4.78 is 0. The molecule has 29 heavy (non-hydrogen) atoms. The second kappa shape index (κ2) is 9.24. The van der Waals surface area contributed by atoms with Crippen LogP contribution in [0.2, 0.25) is 0 Å². The van der Waals surface area contributed by atoms with Gasteiger partial charge in [-0.05, 0) is 48.4 Å². The molecular weight excluding hydrogens is 388 g/mol. The lowest BCUT2D eigenvalue weighted by Gasteiger charge is -2.23. The summed E-state index contributed by atoms with van der Waals surface area (Å²) >= 11 is 0.889. The van der Waals surface area contributed by atoms with Gasteiger partial charge in [-0.25, -0.2) is 4.90 Å². The summed E-state index contributed by atoms with van der Waals surface area (Å²) in [5.41, 5.74) is 3.29. The normalized spacial score (nSPS) is 16.4. The molecule has 2 aromatic carbocycles. The van der Waals surface area contributed by atoms with Gasteiger partial charge in [0, 0.05) is 19.5 Å². The van der Waals surface area contributed by atoms with Gasteiger partial charge in [0.15, 0.2) is 0 Å². The minimum atomic E-state index is -0.758. The zero-order chi connectivity index (χ0) is 21.0. The Bertz CT molecular complexity index is 916. The Morgan fingerprint density at radius 1 is 1.14 bits per heavy atom. The highest BCUT2D eigenvalue weighted by Crippen LogP contribution is 2.35. The smallest absolute Gasteiger partial charge is 0.293 e. The van der Waals surface area contributed by atoms with E-state index in [9.17, 15) is 19.5 Å². The van der Waals surface area contributed by atoms with Crippen molar-refractivity contribution in [3.8, 4) is 0 Å². The summed E-state index contributed by atoms with van der Waals surface area (Å²) in [5, 5.41) is 8.22. The summed E-state index contributed by atoms with van der Waals surface area (Å²) in [7, 11) is 0. The van der Waals surface area contributed by atoms with E-state index in [1.165, 1.54) is 9.80 Å². The highest BCUT2D eigenvalue weighted by Gasteiger charge is 2.42. The third-order valence-electron chi connectivity index (χ3n) is 4.83. The van der Waals surface area contributed by atoms with Crippen LogP contribution in [0.15, 0.2) is 48.5 Å². The second-order valence-electron chi connectivity index (χ2n) is 7.06. The zero-order valence-electron chi connectivity index (χ0n) is 16.5. The topological polar surface area (TPSA) is 77.9 Å². The maximum atomic E-state index is 12.9. The average molecular weight is 413 g/mol. The van der Waals surface area contributed by atoms with Gasteiger partial charge in [0.05, 0.1) is 12.3 Å². The minimum absolute atomic E-state index is 0.0799. The molecule has 1 aliphatic rings. The number of hydrogen-bond acceptors (Lipinski definition) is 5. The van der Waals surface area contributed by atoms with Gasteiger partial charge in [0.25, 0.3) is 5.24 Å². The van der Waals surface area contributed by atoms with Gasteiger partial charge in [0.1, 0.15) is 5.25 Å². The van der Waals surface area contributed by atoms with Crippen molar-refractivity contribution >= 4 is 34.5 Å². The molecule has 7 heteroatoms. The Balaban J connectivity index is 1.73. The van der Waals surface area contributed by atoms with Crippen LogP contribution in [-0.4, -0.2) is 45.5 Å². The fourth-order valence-corrected chi connectivity index (χ4v) is 4.24. The number of anilines is 1. The van der Waals surface area contributed by atoms with Gasteiger partial charge in [-0.1, -0.05) is 42.5 Å². The maximum absolute atomic E-state index is 12.9. The first-order chi connectivity index (χ1) is 13.9. The van der Waals surface area contributed by atoms with Gasteiger partial charge in [0.2, 0.25) is 11.8 Å². The molecule has 0 radical (unpaired) electrons. The van der Waals surface area contributed by atoms with E-state index in [2.05, 4.69) is 0 Å². The number of carbonyl (C=O) groups excluding carboxylic acids is 3. The van der Waals surface area contributed by atoms with Crippen molar-refractivity contribution in [3.05, 3.63) is 65.2 Å². The van der Waals surface area contributed by atoms with Gasteiger partial charge in [-0.3, -0.25) is 14.4 Å². The van der Waals surface area contributed by atoms with E-state index in [1.54, 1.807) is 0 Å². The van der Waals surface area contributed by atoms with Crippen molar-refractivity contribution in [2.24, 2.45) is 0 Å². The first-order valence-corrected chi connectivity index (χ1v) is 10.3. The second-order valence-corrected chi connectivity index (χ2v) is 8.22. The van der Waals surface area contributed by atoms with Gasteiger partial charge in [-0.15, -0.1) is 0 Å². The predicted molar refractivity (Wildman–Crippen MR) is 114 cm³/mol. The van der Waals surface area contributed by atoms with E-state index in [0.717, 1.165) is 28.5 Å². The molecule has 0 saturated carbocycles. The quantitative estimate of drug-likeness (QED) is 0.755. The number of hydrogen-bond donors (Lipinski definition) is 1. The highest BCUT2D eigenvalue weighted by atomic mass is 32.2. The number of benzene rings is 2. The van der Waals surface area contributed by atoms with Crippen molar-refractivity contribution in [2.45, 2.75) is 32.1 Å². The number of imide groups is 1. The number of aliphatic hydroxyl groups excluding tert-OH is 1. The van der Waals surface area contributed by atoms with E-state index >= 15 is 0 Å². The largest absolute Gasteiger partial charge is 0.395 e. The number of rotatable bonds is 7. The van der Waals surface area contributed by atoms with Crippen LogP contribution >= 0.6 is 11.8 Å². The molecular formula is C22H24N2O4S. The molecule has 1 N–H and O–H groups in total. The van der Waals surface area contributed by atoms with Crippen LogP contribution in [0.1, 0.15) is 23.1 Å². The van der Waals surface area contributed by atoms with Gasteiger partial charge < -0.3 is 10.0 Å². The van der Waals surface area contributed by atoms with Crippen molar-refractivity contribution in [2.75, 3.05) is 18.1 Å². The molecule has 3 amide bonds. The van der Waals surface area contributed by atoms with Crippen LogP contribution in [0.4, 0.5) is 10.5 Å².